The summed E-state index contributed by atoms with van der Waals surface area (Å²) in [5.41, 5.74) is 6.19. The van der Waals surface area contributed by atoms with E-state index in [0.717, 1.165) is 0 Å². The normalized spacial score (nSPS) is 13.1. The lowest BCUT2D eigenvalue weighted by molar-refractivity contribution is 0.317. The third kappa shape index (κ3) is 3.00. The number of hydrogen-bond acceptors (Lipinski definition) is 2. The summed E-state index contributed by atoms with van der Waals surface area (Å²) in [6.45, 7) is 5.82. The molecule has 0 aliphatic rings. The summed E-state index contributed by atoms with van der Waals surface area (Å²) in [7, 11) is 0. The molecule has 16 heavy (non-hydrogen) atoms. The molecule has 3 N–H and O–H groups in total. The molecule has 0 saturated heterocycles. The zero-order valence-electron chi connectivity index (χ0n) is 9.42. The maximum absolute atomic E-state index is 13.0. The van der Waals surface area contributed by atoms with Gasteiger partial charge in [-0.2, -0.15) is 0 Å². The van der Waals surface area contributed by atoms with Gasteiger partial charge < -0.3 is 10.8 Å². The van der Waals surface area contributed by atoms with Gasteiger partial charge in [-0.3, -0.25) is 0 Å². The van der Waals surface area contributed by atoms with Crippen molar-refractivity contribution in [3.63, 3.8) is 0 Å². The number of halogens is 3. The Balaban J connectivity index is 0.00000225. The van der Waals surface area contributed by atoms with Crippen LogP contribution in [-0.2, 0) is 0 Å². The molecule has 1 aromatic rings. The van der Waals surface area contributed by atoms with Crippen LogP contribution in [0.4, 0.5) is 4.39 Å². The summed E-state index contributed by atoms with van der Waals surface area (Å²) < 4.78 is 13.0. The Bertz CT molecular complexity index is 377. The second-order valence-electron chi connectivity index (χ2n) is 4.64. The minimum Gasteiger partial charge on any atom is -0.506 e. The highest BCUT2D eigenvalue weighted by atomic mass is 35.5. The van der Waals surface area contributed by atoms with Crippen molar-refractivity contribution >= 4 is 24.0 Å². The summed E-state index contributed by atoms with van der Waals surface area (Å²) in [5, 5.41) is 9.39. The predicted octanol–water partition coefficient (Wildman–Crippen LogP) is 3.65. The number of aromatic hydroxyl groups is 1. The van der Waals surface area contributed by atoms with E-state index in [1.54, 1.807) is 0 Å². The molecule has 0 spiro atoms. The molecule has 0 unspecified atom stereocenters. The van der Waals surface area contributed by atoms with E-state index in [4.69, 9.17) is 17.3 Å². The quantitative estimate of drug-likeness (QED) is 0.816. The molecule has 2 nitrogen and oxygen atoms in total. The molecule has 0 bridgehead atoms. The van der Waals surface area contributed by atoms with Crippen LogP contribution < -0.4 is 5.73 Å². The largest absolute Gasteiger partial charge is 0.506 e. The van der Waals surface area contributed by atoms with E-state index in [1.807, 2.05) is 20.8 Å². The predicted molar refractivity (Wildman–Crippen MR) is 66.7 cm³/mol. The molecule has 92 valence electrons. The van der Waals surface area contributed by atoms with Crippen LogP contribution in [0.1, 0.15) is 32.4 Å². The van der Waals surface area contributed by atoms with Crippen LogP contribution in [0.2, 0.25) is 5.02 Å². The van der Waals surface area contributed by atoms with E-state index in [9.17, 15) is 9.50 Å². The lowest BCUT2D eigenvalue weighted by atomic mass is 9.83. The fourth-order valence-corrected chi connectivity index (χ4v) is 1.44. The van der Waals surface area contributed by atoms with E-state index < -0.39 is 11.9 Å². The number of rotatable bonds is 1. The molecule has 0 amide bonds. The second-order valence-corrected chi connectivity index (χ2v) is 5.02. The number of benzene rings is 1. The fourth-order valence-electron chi connectivity index (χ4n) is 1.27. The first-order chi connectivity index (χ1) is 6.75. The first kappa shape index (κ1) is 15.5. The summed E-state index contributed by atoms with van der Waals surface area (Å²) in [6, 6.07) is 2.28. The molecule has 0 aromatic heterocycles. The zero-order chi connectivity index (χ0) is 11.8. The molecule has 0 radical (unpaired) electrons. The van der Waals surface area contributed by atoms with Gasteiger partial charge >= 0.3 is 0 Å². The van der Waals surface area contributed by atoms with Gasteiger partial charge in [0.05, 0.1) is 0 Å². The molecule has 1 aromatic carbocycles. The van der Waals surface area contributed by atoms with Crippen LogP contribution in [0, 0.1) is 11.2 Å². The van der Waals surface area contributed by atoms with Crippen LogP contribution in [-0.4, -0.2) is 5.11 Å². The second kappa shape index (κ2) is 5.21. The SMILES string of the molecule is CC(C)(C)[C@H](N)c1ccc(F)c(Cl)c1O.Cl. The average Bonchev–Trinajstić information content (AvgIpc) is 2.12. The van der Waals surface area contributed by atoms with Gasteiger partial charge in [-0.05, 0) is 11.5 Å². The van der Waals surface area contributed by atoms with Crippen molar-refractivity contribution in [1.82, 2.24) is 0 Å². The highest BCUT2D eigenvalue weighted by Crippen LogP contribution is 2.39. The standard InChI is InChI=1S/C11H15ClFNO.ClH/c1-11(2,3)10(14)6-4-5-7(13)8(12)9(6)15;/h4-5,10,15H,14H2,1-3H3;1H/t10-;/m1./s1. The van der Waals surface area contributed by atoms with E-state index in [0.29, 0.717) is 5.56 Å². The molecule has 0 heterocycles. The Kier molecular flexibility index (Phi) is 5.05. The zero-order valence-corrected chi connectivity index (χ0v) is 11.0. The van der Waals surface area contributed by atoms with Crippen molar-refractivity contribution in [2.45, 2.75) is 26.8 Å². The monoisotopic (exact) mass is 267 g/mol. The van der Waals surface area contributed by atoms with Gasteiger partial charge in [-0.25, -0.2) is 4.39 Å². The number of hydrogen-bond donors (Lipinski definition) is 2. The molecular weight excluding hydrogens is 252 g/mol. The van der Waals surface area contributed by atoms with Gasteiger partial charge in [0.1, 0.15) is 16.6 Å². The number of phenolic OH excluding ortho intramolecular Hbond substituents is 1. The van der Waals surface area contributed by atoms with Gasteiger partial charge in [0, 0.05) is 11.6 Å². The molecule has 5 heteroatoms. The van der Waals surface area contributed by atoms with Gasteiger partial charge in [-0.1, -0.05) is 38.4 Å². The Hall–Kier alpha value is -0.510. The number of nitrogens with two attached hydrogens (primary N) is 1. The van der Waals surface area contributed by atoms with E-state index >= 15 is 0 Å². The fraction of sp³-hybridized carbons (Fsp3) is 0.455. The lowest BCUT2D eigenvalue weighted by Crippen LogP contribution is -2.26. The van der Waals surface area contributed by atoms with Crippen molar-refractivity contribution in [2.24, 2.45) is 11.1 Å². The third-order valence-corrected chi connectivity index (χ3v) is 2.73. The Morgan fingerprint density at radius 3 is 2.31 bits per heavy atom. The number of phenols is 1. The molecular formula is C11H16Cl2FNO. The van der Waals surface area contributed by atoms with Crippen molar-refractivity contribution in [3.8, 4) is 5.75 Å². The van der Waals surface area contributed by atoms with Crippen molar-refractivity contribution in [1.29, 1.82) is 0 Å². The van der Waals surface area contributed by atoms with Crippen molar-refractivity contribution in [2.75, 3.05) is 0 Å². The first-order valence-corrected chi connectivity index (χ1v) is 5.05. The third-order valence-electron chi connectivity index (χ3n) is 2.37. The highest BCUT2D eigenvalue weighted by Gasteiger charge is 2.26. The molecule has 1 rings (SSSR count). The van der Waals surface area contributed by atoms with Crippen LogP contribution in [0.5, 0.6) is 5.75 Å². The van der Waals surface area contributed by atoms with Gasteiger partial charge in [0.15, 0.2) is 0 Å². The maximum Gasteiger partial charge on any atom is 0.145 e. The van der Waals surface area contributed by atoms with Gasteiger partial charge in [-0.15, -0.1) is 12.4 Å². The Morgan fingerprint density at radius 2 is 1.88 bits per heavy atom. The Labute approximate surface area is 106 Å². The lowest BCUT2D eigenvalue weighted by Gasteiger charge is -2.28. The molecule has 0 saturated carbocycles. The molecule has 0 fully saturated rings. The summed E-state index contributed by atoms with van der Waals surface area (Å²) in [5.74, 6) is -0.905. The average molecular weight is 268 g/mol. The van der Waals surface area contributed by atoms with E-state index in [2.05, 4.69) is 0 Å². The topological polar surface area (TPSA) is 46.2 Å². The van der Waals surface area contributed by atoms with E-state index in [-0.39, 0.29) is 28.6 Å². The van der Waals surface area contributed by atoms with Crippen LogP contribution >= 0.6 is 24.0 Å². The molecule has 1 atom stereocenters. The summed E-state index contributed by atoms with van der Waals surface area (Å²) in [6.07, 6.45) is 0. The minimum absolute atomic E-state index is 0. The van der Waals surface area contributed by atoms with Crippen LogP contribution in [0.15, 0.2) is 12.1 Å². The first-order valence-electron chi connectivity index (χ1n) is 4.67. The van der Waals surface area contributed by atoms with Crippen molar-refractivity contribution < 1.29 is 9.50 Å². The van der Waals surface area contributed by atoms with Gasteiger partial charge in [0.25, 0.3) is 0 Å². The van der Waals surface area contributed by atoms with E-state index in [1.165, 1.54) is 12.1 Å². The maximum atomic E-state index is 13.0. The Morgan fingerprint density at radius 1 is 1.38 bits per heavy atom. The molecule has 0 aliphatic carbocycles. The van der Waals surface area contributed by atoms with Crippen molar-refractivity contribution in [3.05, 3.63) is 28.5 Å². The van der Waals surface area contributed by atoms with Crippen LogP contribution in [0.3, 0.4) is 0 Å². The molecule has 0 aliphatic heterocycles. The van der Waals surface area contributed by atoms with Crippen LogP contribution in [0.25, 0.3) is 0 Å². The summed E-state index contributed by atoms with van der Waals surface area (Å²) >= 11 is 5.60. The minimum atomic E-state index is -0.640. The highest BCUT2D eigenvalue weighted by molar-refractivity contribution is 6.32. The van der Waals surface area contributed by atoms with Gasteiger partial charge in [0.2, 0.25) is 0 Å². The smallest absolute Gasteiger partial charge is 0.145 e. The summed E-state index contributed by atoms with van der Waals surface area (Å²) in [4.78, 5) is 0.